The number of aliphatic imine (C=N–C) groups is 1. The Bertz CT molecular complexity index is 849. The standard InChI is InChI=1S/C21H29F3N4O2.HI/c1-6-25-20(26-10-14(3)19-15(4)28-30-16(19)5)27-11-17-8-7-13(2)9-18(17)29-12-21(22,23)24;/h7-9,14H,6,10-12H2,1-5H3,(H2,25,26,27);1H. The first-order chi connectivity index (χ1) is 14.1. The second kappa shape index (κ2) is 12.2. The molecular formula is C21H30F3IN4O2. The number of rotatable bonds is 8. The van der Waals surface area contributed by atoms with Crippen LogP contribution in [0.3, 0.4) is 0 Å². The Labute approximate surface area is 198 Å². The van der Waals surface area contributed by atoms with Crippen molar-refractivity contribution < 1.29 is 22.4 Å². The first-order valence-electron chi connectivity index (χ1n) is 9.84. The molecule has 0 saturated carbocycles. The highest BCUT2D eigenvalue weighted by Crippen LogP contribution is 2.25. The lowest BCUT2D eigenvalue weighted by Gasteiger charge is -2.17. The van der Waals surface area contributed by atoms with Crippen molar-refractivity contribution >= 4 is 29.9 Å². The van der Waals surface area contributed by atoms with Crippen molar-refractivity contribution in [3.8, 4) is 5.75 Å². The van der Waals surface area contributed by atoms with Crippen LogP contribution in [-0.4, -0.2) is 37.0 Å². The normalized spacial score (nSPS) is 12.8. The Morgan fingerprint density at radius 3 is 2.52 bits per heavy atom. The highest BCUT2D eigenvalue weighted by Gasteiger charge is 2.28. The van der Waals surface area contributed by atoms with E-state index >= 15 is 0 Å². The van der Waals surface area contributed by atoms with E-state index in [-0.39, 0.29) is 42.2 Å². The third kappa shape index (κ3) is 8.58. The van der Waals surface area contributed by atoms with Gasteiger partial charge in [-0.1, -0.05) is 24.2 Å². The van der Waals surface area contributed by atoms with Crippen molar-refractivity contribution in [3.63, 3.8) is 0 Å². The molecule has 0 aliphatic carbocycles. The predicted octanol–water partition coefficient (Wildman–Crippen LogP) is 5.02. The van der Waals surface area contributed by atoms with E-state index in [9.17, 15) is 13.2 Å². The van der Waals surface area contributed by atoms with Gasteiger partial charge in [0.2, 0.25) is 0 Å². The molecule has 0 aliphatic rings. The third-order valence-electron chi connectivity index (χ3n) is 4.52. The molecule has 2 N–H and O–H groups in total. The molecule has 0 amide bonds. The fourth-order valence-electron chi connectivity index (χ4n) is 3.14. The molecule has 1 aromatic carbocycles. The number of ether oxygens (including phenoxy) is 1. The molecule has 31 heavy (non-hydrogen) atoms. The van der Waals surface area contributed by atoms with E-state index < -0.39 is 12.8 Å². The number of aromatic nitrogens is 1. The largest absolute Gasteiger partial charge is 0.484 e. The SMILES string of the molecule is CCNC(=NCc1ccc(C)cc1OCC(F)(F)F)NCC(C)c1c(C)noc1C.I. The average molecular weight is 554 g/mol. The maximum absolute atomic E-state index is 12.6. The van der Waals surface area contributed by atoms with Gasteiger partial charge >= 0.3 is 6.18 Å². The van der Waals surface area contributed by atoms with Gasteiger partial charge in [0, 0.05) is 30.1 Å². The lowest BCUT2D eigenvalue weighted by atomic mass is 10.00. The van der Waals surface area contributed by atoms with E-state index in [2.05, 4.69) is 27.7 Å². The first kappa shape index (κ1) is 27.1. The minimum Gasteiger partial charge on any atom is -0.484 e. The number of nitrogens with one attached hydrogen (secondary N) is 2. The molecule has 1 aromatic heterocycles. The number of guanidine groups is 1. The molecule has 0 radical (unpaired) electrons. The molecule has 2 aromatic rings. The van der Waals surface area contributed by atoms with Crippen LogP contribution in [0.5, 0.6) is 5.75 Å². The first-order valence-corrected chi connectivity index (χ1v) is 9.84. The number of hydrogen-bond donors (Lipinski definition) is 2. The Morgan fingerprint density at radius 1 is 1.23 bits per heavy atom. The number of nitrogens with zero attached hydrogens (tertiary/aromatic N) is 2. The van der Waals surface area contributed by atoms with Crippen LogP contribution in [0.15, 0.2) is 27.7 Å². The number of halogens is 4. The number of alkyl halides is 3. The smallest absolute Gasteiger partial charge is 0.422 e. The van der Waals surface area contributed by atoms with Gasteiger partial charge in [-0.3, -0.25) is 0 Å². The van der Waals surface area contributed by atoms with Crippen LogP contribution < -0.4 is 15.4 Å². The van der Waals surface area contributed by atoms with Crippen molar-refractivity contribution in [1.82, 2.24) is 15.8 Å². The fraction of sp³-hybridized carbons (Fsp3) is 0.524. The van der Waals surface area contributed by atoms with E-state index in [0.29, 0.717) is 24.6 Å². The summed E-state index contributed by atoms with van der Waals surface area (Å²) in [6, 6.07) is 5.16. The topological polar surface area (TPSA) is 71.7 Å². The molecule has 1 atom stereocenters. The zero-order valence-electron chi connectivity index (χ0n) is 18.4. The zero-order valence-corrected chi connectivity index (χ0v) is 20.7. The molecule has 0 aliphatic heterocycles. The van der Waals surface area contributed by atoms with Gasteiger partial charge in [0.25, 0.3) is 0 Å². The molecule has 1 unspecified atom stereocenters. The van der Waals surface area contributed by atoms with Gasteiger partial charge in [-0.05, 0) is 39.3 Å². The minimum absolute atomic E-state index is 0. The highest BCUT2D eigenvalue weighted by molar-refractivity contribution is 14.0. The number of hydrogen-bond acceptors (Lipinski definition) is 4. The summed E-state index contributed by atoms with van der Waals surface area (Å²) in [6.45, 7) is 9.69. The van der Waals surface area contributed by atoms with Crippen LogP contribution in [0.2, 0.25) is 0 Å². The van der Waals surface area contributed by atoms with Gasteiger partial charge < -0.3 is 19.9 Å². The maximum atomic E-state index is 12.6. The summed E-state index contributed by atoms with van der Waals surface area (Å²) >= 11 is 0. The number of aryl methyl sites for hydroxylation is 3. The average Bonchev–Trinajstić information content (AvgIpc) is 3.00. The molecule has 174 valence electrons. The monoisotopic (exact) mass is 554 g/mol. The van der Waals surface area contributed by atoms with Crippen molar-refractivity contribution in [2.75, 3.05) is 19.7 Å². The van der Waals surface area contributed by atoms with Gasteiger partial charge in [0.05, 0.1) is 12.2 Å². The molecule has 0 saturated heterocycles. The van der Waals surface area contributed by atoms with Gasteiger partial charge in [0.1, 0.15) is 11.5 Å². The van der Waals surface area contributed by atoms with Crippen molar-refractivity contribution in [3.05, 3.63) is 46.3 Å². The summed E-state index contributed by atoms with van der Waals surface area (Å²) in [6.07, 6.45) is -4.39. The molecule has 0 bridgehead atoms. The van der Waals surface area contributed by atoms with Crippen LogP contribution in [0.25, 0.3) is 0 Å². The summed E-state index contributed by atoms with van der Waals surface area (Å²) in [7, 11) is 0. The van der Waals surface area contributed by atoms with Crippen LogP contribution in [0, 0.1) is 20.8 Å². The molecule has 0 fully saturated rings. The molecule has 0 spiro atoms. The summed E-state index contributed by atoms with van der Waals surface area (Å²) < 4.78 is 47.9. The van der Waals surface area contributed by atoms with E-state index in [1.807, 2.05) is 26.8 Å². The molecule has 6 nitrogen and oxygen atoms in total. The second-order valence-corrected chi connectivity index (χ2v) is 7.23. The summed E-state index contributed by atoms with van der Waals surface area (Å²) in [5.74, 6) is 1.69. The Morgan fingerprint density at radius 2 is 1.94 bits per heavy atom. The third-order valence-corrected chi connectivity index (χ3v) is 4.52. The van der Waals surface area contributed by atoms with Gasteiger partial charge in [0.15, 0.2) is 12.6 Å². The maximum Gasteiger partial charge on any atom is 0.422 e. The Hall–Kier alpha value is -1.98. The van der Waals surface area contributed by atoms with Crippen molar-refractivity contribution in [1.29, 1.82) is 0 Å². The van der Waals surface area contributed by atoms with Crippen LogP contribution in [0.1, 0.15) is 47.9 Å². The van der Waals surface area contributed by atoms with Crippen LogP contribution >= 0.6 is 24.0 Å². The zero-order chi connectivity index (χ0) is 22.3. The van der Waals surface area contributed by atoms with Crippen molar-refractivity contribution in [2.24, 2.45) is 4.99 Å². The van der Waals surface area contributed by atoms with Gasteiger partial charge in [-0.2, -0.15) is 13.2 Å². The van der Waals surface area contributed by atoms with E-state index in [0.717, 1.165) is 22.6 Å². The minimum atomic E-state index is -4.39. The molecule has 1 heterocycles. The van der Waals surface area contributed by atoms with Crippen LogP contribution in [-0.2, 0) is 6.54 Å². The van der Waals surface area contributed by atoms with E-state index in [1.54, 1.807) is 19.1 Å². The summed E-state index contributed by atoms with van der Waals surface area (Å²) in [5.41, 5.74) is 3.31. The second-order valence-electron chi connectivity index (χ2n) is 7.23. The van der Waals surface area contributed by atoms with Crippen molar-refractivity contribution in [2.45, 2.75) is 53.3 Å². The molecule has 10 heteroatoms. The highest BCUT2D eigenvalue weighted by atomic mass is 127. The lowest BCUT2D eigenvalue weighted by molar-refractivity contribution is -0.153. The lowest BCUT2D eigenvalue weighted by Crippen LogP contribution is -2.39. The fourth-order valence-corrected chi connectivity index (χ4v) is 3.14. The number of benzene rings is 1. The van der Waals surface area contributed by atoms with Gasteiger partial charge in [-0.15, -0.1) is 24.0 Å². The Balaban J connectivity index is 0.00000480. The molecular weight excluding hydrogens is 524 g/mol. The predicted molar refractivity (Wildman–Crippen MR) is 125 cm³/mol. The Kier molecular flexibility index (Phi) is 10.6. The quantitative estimate of drug-likeness (QED) is 0.273. The summed E-state index contributed by atoms with van der Waals surface area (Å²) in [5, 5.41) is 10.4. The van der Waals surface area contributed by atoms with E-state index in [4.69, 9.17) is 9.26 Å². The van der Waals surface area contributed by atoms with Crippen LogP contribution in [0.4, 0.5) is 13.2 Å². The van der Waals surface area contributed by atoms with Gasteiger partial charge in [-0.25, -0.2) is 4.99 Å². The molecule has 2 rings (SSSR count). The van der Waals surface area contributed by atoms with E-state index in [1.165, 1.54) is 0 Å². The summed E-state index contributed by atoms with van der Waals surface area (Å²) in [4.78, 5) is 4.51.